The Kier molecular flexibility index (Phi) is 8.91. The van der Waals surface area contributed by atoms with Gasteiger partial charge in [0.2, 0.25) is 6.19 Å². The first-order valence-electron chi connectivity index (χ1n) is 9.24. The minimum absolute atomic E-state index is 0.110. The van der Waals surface area contributed by atoms with Gasteiger partial charge in [0.25, 0.3) is 0 Å². The molecule has 0 heterocycles. The molecular formula is C22H23F2N5OS. The number of ether oxygens (including phenoxy) is 1. The number of hydrogen-bond acceptors (Lipinski definition) is 6. The number of rotatable bonds is 9. The van der Waals surface area contributed by atoms with Gasteiger partial charge in [0.15, 0.2) is 5.83 Å². The maximum Gasteiger partial charge on any atom is 0.212 e. The summed E-state index contributed by atoms with van der Waals surface area (Å²) in [6.07, 6.45) is 2.62. The summed E-state index contributed by atoms with van der Waals surface area (Å²) < 4.78 is 37.1. The summed E-state index contributed by atoms with van der Waals surface area (Å²) in [5, 5.41) is 11.8. The highest BCUT2D eigenvalue weighted by Crippen LogP contribution is 2.25. The summed E-state index contributed by atoms with van der Waals surface area (Å²) in [6.45, 7) is 5.81. The average molecular weight is 444 g/mol. The van der Waals surface area contributed by atoms with Gasteiger partial charge in [-0.15, -0.1) is 0 Å². The molecule has 3 N–H and O–H groups in total. The lowest BCUT2D eigenvalue weighted by atomic mass is 10.1. The molecular weight excluding hydrogens is 420 g/mol. The Morgan fingerprint density at radius 3 is 2.77 bits per heavy atom. The summed E-state index contributed by atoms with van der Waals surface area (Å²) in [7, 11) is 0.969. The number of allylic oxidation sites excluding steroid dienone is 1. The summed E-state index contributed by atoms with van der Waals surface area (Å²) in [5.41, 5.74) is 7.10. The van der Waals surface area contributed by atoms with E-state index in [9.17, 15) is 8.78 Å². The van der Waals surface area contributed by atoms with Crippen molar-refractivity contribution in [3.8, 4) is 11.9 Å². The van der Waals surface area contributed by atoms with Gasteiger partial charge in [-0.25, -0.2) is 13.8 Å². The van der Waals surface area contributed by atoms with Crippen LogP contribution in [-0.4, -0.2) is 18.6 Å². The molecule has 162 valence electrons. The van der Waals surface area contributed by atoms with Gasteiger partial charge < -0.3 is 15.8 Å². The Balaban J connectivity index is 2.32. The van der Waals surface area contributed by atoms with Crippen LogP contribution in [0.15, 0.2) is 76.2 Å². The molecule has 0 saturated heterocycles. The van der Waals surface area contributed by atoms with Crippen LogP contribution in [0.5, 0.6) is 5.75 Å². The molecule has 0 aliphatic carbocycles. The van der Waals surface area contributed by atoms with Crippen molar-refractivity contribution in [3.63, 3.8) is 0 Å². The molecule has 2 aromatic carbocycles. The molecule has 0 bridgehead atoms. The molecule has 0 radical (unpaired) electrons. The second kappa shape index (κ2) is 11.6. The van der Waals surface area contributed by atoms with Crippen LogP contribution < -0.4 is 15.8 Å². The SMILES string of the molecule is C=C(/N=C(\C(F)=C/N)c1ccc(F)cc1OC)Nc1cccc(CS(CC)=NC#N)c1. The number of nitrogens with zero attached hydrogens (tertiary/aromatic N) is 3. The fraction of sp³-hybridized carbons (Fsp3) is 0.182. The third-order valence-corrected chi connectivity index (χ3v) is 5.76. The standard InChI is InChI=1S/C22H23F2N5OS/c1-4-31(27-14-26)13-16-6-5-7-18(10-16)28-15(2)29-22(20(24)12-25)19-9-8-17(23)11-21(19)30-3/h5-12,28H,2,4,13,25H2,1,3H3/b20-12+,29-22-. The van der Waals surface area contributed by atoms with E-state index >= 15 is 0 Å². The van der Waals surface area contributed by atoms with Crippen LogP contribution in [0.25, 0.3) is 0 Å². The molecule has 2 aromatic rings. The van der Waals surface area contributed by atoms with Crippen LogP contribution in [0.2, 0.25) is 0 Å². The minimum Gasteiger partial charge on any atom is -0.496 e. The first kappa shape index (κ1) is 23.8. The zero-order chi connectivity index (χ0) is 22.8. The van der Waals surface area contributed by atoms with Gasteiger partial charge in [-0.3, -0.25) is 0 Å². The van der Waals surface area contributed by atoms with Crippen LogP contribution in [0, 0.1) is 17.3 Å². The Morgan fingerprint density at radius 1 is 1.35 bits per heavy atom. The zero-order valence-electron chi connectivity index (χ0n) is 17.2. The van der Waals surface area contributed by atoms with E-state index in [1.807, 2.05) is 37.4 Å². The molecule has 0 aliphatic heterocycles. The number of benzene rings is 2. The minimum atomic E-state index is -0.813. The van der Waals surface area contributed by atoms with Crippen molar-refractivity contribution in [2.45, 2.75) is 12.7 Å². The van der Waals surface area contributed by atoms with E-state index in [0.717, 1.165) is 23.6 Å². The van der Waals surface area contributed by atoms with Crippen molar-refractivity contribution in [3.05, 3.63) is 83.8 Å². The Bertz CT molecular complexity index is 1090. The predicted octanol–water partition coefficient (Wildman–Crippen LogP) is 4.78. The van der Waals surface area contributed by atoms with Crippen molar-refractivity contribution in [2.75, 3.05) is 18.2 Å². The maximum atomic E-state index is 14.5. The molecule has 0 amide bonds. The lowest BCUT2D eigenvalue weighted by Crippen LogP contribution is -2.09. The number of aliphatic imine (C=N–C) groups is 1. The van der Waals surface area contributed by atoms with Gasteiger partial charge in [0, 0.05) is 35.0 Å². The number of nitriles is 1. The highest BCUT2D eigenvalue weighted by Gasteiger charge is 2.16. The second-order valence-electron chi connectivity index (χ2n) is 6.18. The van der Waals surface area contributed by atoms with E-state index in [1.165, 1.54) is 19.2 Å². The molecule has 31 heavy (non-hydrogen) atoms. The van der Waals surface area contributed by atoms with Gasteiger partial charge in [0.05, 0.1) is 7.11 Å². The van der Waals surface area contributed by atoms with Gasteiger partial charge in [0.1, 0.15) is 23.1 Å². The summed E-state index contributed by atoms with van der Waals surface area (Å²) in [4.78, 5) is 4.21. The van der Waals surface area contributed by atoms with Crippen molar-refractivity contribution in [1.29, 1.82) is 5.26 Å². The van der Waals surface area contributed by atoms with Gasteiger partial charge in [-0.2, -0.15) is 9.62 Å². The summed E-state index contributed by atoms with van der Waals surface area (Å²) in [6, 6.07) is 11.1. The number of hydrogen-bond donors (Lipinski definition) is 2. The van der Waals surface area contributed by atoms with E-state index < -0.39 is 11.6 Å². The van der Waals surface area contributed by atoms with Crippen molar-refractivity contribution >= 4 is 22.1 Å². The van der Waals surface area contributed by atoms with Crippen LogP contribution in [0.3, 0.4) is 0 Å². The van der Waals surface area contributed by atoms with Gasteiger partial charge in [-0.05, 0) is 29.8 Å². The van der Waals surface area contributed by atoms with E-state index in [4.69, 9.17) is 15.7 Å². The van der Waals surface area contributed by atoms with Crippen molar-refractivity contribution < 1.29 is 13.5 Å². The molecule has 0 aliphatic rings. The molecule has 1 atom stereocenters. The topological polar surface area (TPSA) is 95.8 Å². The van der Waals surface area contributed by atoms with E-state index in [2.05, 4.69) is 21.3 Å². The third kappa shape index (κ3) is 6.76. The Hall–Kier alpha value is -3.51. The van der Waals surface area contributed by atoms with Crippen LogP contribution >= 0.6 is 0 Å². The second-order valence-corrected chi connectivity index (χ2v) is 8.15. The molecule has 9 heteroatoms. The molecule has 0 spiro atoms. The summed E-state index contributed by atoms with van der Waals surface area (Å²) in [5.74, 6) is 0.324. The molecule has 0 saturated carbocycles. The van der Waals surface area contributed by atoms with Crippen molar-refractivity contribution in [2.24, 2.45) is 15.1 Å². The Morgan fingerprint density at radius 2 is 2.13 bits per heavy atom. The normalized spacial score (nSPS) is 12.9. The largest absolute Gasteiger partial charge is 0.496 e. The molecule has 0 fully saturated rings. The van der Waals surface area contributed by atoms with E-state index in [0.29, 0.717) is 11.4 Å². The molecule has 0 aromatic heterocycles. The quantitative estimate of drug-likeness (QED) is 0.431. The number of halogens is 2. The fourth-order valence-corrected chi connectivity index (χ4v) is 3.78. The first-order chi connectivity index (χ1) is 14.9. The van der Waals surface area contributed by atoms with Gasteiger partial charge >= 0.3 is 0 Å². The maximum absolute atomic E-state index is 14.5. The number of nitrogens with one attached hydrogen (secondary N) is 1. The monoisotopic (exact) mass is 443 g/mol. The summed E-state index contributed by atoms with van der Waals surface area (Å²) >= 11 is 0. The lowest BCUT2D eigenvalue weighted by Gasteiger charge is -2.13. The van der Waals surface area contributed by atoms with E-state index in [1.54, 1.807) is 0 Å². The highest BCUT2D eigenvalue weighted by molar-refractivity contribution is 7.86. The van der Waals surface area contributed by atoms with E-state index in [-0.39, 0.29) is 33.5 Å². The van der Waals surface area contributed by atoms with Crippen LogP contribution in [0.1, 0.15) is 18.1 Å². The zero-order valence-corrected chi connectivity index (χ0v) is 18.0. The average Bonchev–Trinajstić information content (AvgIpc) is 2.77. The number of anilines is 1. The smallest absolute Gasteiger partial charge is 0.212 e. The van der Waals surface area contributed by atoms with Crippen LogP contribution in [-0.2, 0) is 16.4 Å². The Labute approximate surface area is 182 Å². The predicted molar refractivity (Wildman–Crippen MR) is 122 cm³/mol. The molecule has 6 nitrogen and oxygen atoms in total. The lowest BCUT2D eigenvalue weighted by molar-refractivity contribution is 0.410. The fourth-order valence-electron chi connectivity index (χ4n) is 2.70. The van der Waals surface area contributed by atoms with Crippen molar-refractivity contribution in [1.82, 2.24) is 0 Å². The highest BCUT2D eigenvalue weighted by atomic mass is 32.2. The number of nitrogens with two attached hydrogens (primary N) is 1. The molecule has 1 unspecified atom stereocenters. The third-order valence-electron chi connectivity index (χ3n) is 4.09. The first-order valence-corrected chi connectivity index (χ1v) is 10.8. The molecule has 2 rings (SSSR count). The van der Waals surface area contributed by atoms with Gasteiger partial charge in [-0.1, -0.05) is 36.3 Å². The van der Waals surface area contributed by atoms with Crippen LogP contribution in [0.4, 0.5) is 14.5 Å². The number of methoxy groups -OCH3 is 1.